The number of fused-ring (bicyclic) bond motifs is 5. The SMILES string of the molecule is CC(C)(C)C(=O)C1C2C(=O)N(c3ccc([N+](=O)[O-])cc3)C(=O)C2C2c3ccccc3C=NN12. The Kier molecular flexibility index (Phi) is 4.49. The molecule has 9 nitrogen and oxygen atoms in total. The summed E-state index contributed by atoms with van der Waals surface area (Å²) in [5.41, 5.74) is 1.06. The lowest BCUT2D eigenvalue weighted by Crippen LogP contribution is -2.48. The number of rotatable bonds is 3. The lowest BCUT2D eigenvalue weighted by Gasteiger charge is -2.35. The molecule has 2 saturated heterocycles. The van der Waals surface area contributed by atoms with Crippen LogP contribution in [0.3, 0.4) is 0 Å². The lowest BCUT2D eigenvalue weighted by molar-refractivity contribution is -0.384. The minimum Gasteiger partial charge on any atom is -0.297 e. The van der Waals surface area contributed by atoms with Crippen LogP contribution >= 0.6 is 0 Å². The Balaban J connectivity index is 1.63. The van der Waals surface area contributed by atoms with Gasteiger partial charge in [-0.15, -0.1) is 0 Å². The second-order valence-electron chi connectivity index (χ2n) is 9.59. The maximum Gasteiger partial charge on any atom is 0.269 e. The number of hydrogen-bond acceptors (Lipinski definition) is 7. The molecule has 0 aromatic heterocycles. The third-order valence-corrected chi connectivity index (χ3v) is 6.62. The van der Waals surface area contributed by atoms with E-state index < -0.39 is 46.1 Å². The van der Waals surface area contributed by atoms with E-state index in [0.717, 1.165) is 16.0 Å². The highest BCUT2D eigenvalue weighted by molar-refractivity contribution is 6.24. The van der Waals surface area contributed by atoms with E-state index in [9.17, 15) is 24.5 Å². The van der Waals surface area contributed by atoms with Gasteiger partial charge in [-0.1, -0.05) is 45.0 Å². The average molecular weight is 446 g/mol. The number of hydrazone groups is 1. The van der Waals surface area contributed by atoms with Crippen LogP contribution in [0.1, 0.15) is 37.9 Å². The largest absolute Gasteiger partial charge is 0.297 e. The van der Waals surface area contributed by atoms with Gasteiger partial charge in [0.2, 0.25) is 11.8 Å². The molecule has 0 bridgehead atoms. The van der Waals surface area contributed by atoms with Crippen LogP contribution in [0.25, 0.3) is 0 Å². The van der Waals surface area contributed by atoms with E-state index in [1.807, 2.05) is 24.3 Å². The van der Waals surface area contributed by atoms with Crippen LogP contribution in [0, 0.1) is 27.4 Å². The van der Waals surface area contributed by atoms with Crippen LogP contribution in [0.2, 0.25) is 0 Å². The second kappa shape index (κ2) is 7.06. The van der Waals surface area contributed by atoms with Gasteiger partial charge >= 0.3 is 0 Å². The highest BCUT2D eigenvalue weighted by atomic mass is 16.6. The summed E-state index contributed by atoms with van der Waals surface area (Å²) in [5, 5.41) is 17.2. The Morgan fingerprint density at radius 3 is 2.27 bits per heavy atom. The number of nitrogens with zero attached hydrogens (tertiary/aromatic N) is 4. The van der Waals surface area contributed by atoms with Crippen LogP contribution in [0.5, 0.6) is 0 Å². The number of nitro benzene ring substituents is 1. The van der Waals surface area contributed by atoms with E-state index in [2.05, 4.69) is 5.10 Å². The topological polar surface area (TPSA) is 113 Å². The zero-order chi connectivity index (χ0) is 23.7. The van der Waals surface area contributed by atoms with Gasteiger partial charge in [-0.05, 0) is 23.3 Å². The summed E-state index contributed by atoms with van der Waals surface area (Å²) in [5.74, 6) is -2.76. The first-order chi connectivity index (χ1) is 15.6. The number of anilines is 1. The maximum absolute atomic E-state index is 13.7. The van der Waals surface area contributed by atoms with Gasteiger partial charge in [0.05, 0.1) is 34.7 Å². The normalized spacial score (nSPS) is 25.7. The Morgan fingerprint density at radius 1 is 1.00 bits per heavy atom. The molecule has 4 atom stereocenters. The standard InChI is InChI=1S/C24H22N4O5/c1-24(2,3)21(29)20-18-17(19-16-7-5-4-6-13(16)12-25-27(19)20)22(30)26(23(18)31)14-8-10-15(11-9-14)28(32)33/h4-12,17-20H,1-3H3. The van der Waals surface area contributed by atoms with Gasteiger partial charge < -0.3 is 0 Å². The number of imide groups is 1. The maximum atomic E-state index is 13.7. The molecule has 3 aliphatic rings. The van der Waals surface area contributed by atoms with Gasteiger partial charge in [-0.2, -0.15) is 5.10 Å². The Labute approximate surface area is 189 Å². The smallest absolute Gasteiger partial charge is 0.269 e. The number of ketones is 1. The van der Waals surface area contributed by atoms with Gasteiger partial charge in [0.25, 0.3) is 5.69 Å². The molecule has 5 rings (SSSR count). The van der Waals surface area contributed by atoms with Crippen molar-refractivity contribution < 1.29 is 19.3 Å². The molecule has 168 valence electrons. The first kappa shape index (κ1) is 21.0. The van der Waals surface area contributed by atoms with Crippen LogP contribution < -0.4 is 4.90 Å². The summed E-state index contributed by atoms with van der Waals surface area (Å²) >= 11 is 0. The number of Topliss-reactive ketones (excluding diaryl/α,β-unsaturated/α-hetero) is 1. The number of carbonyl (C=O) groups excluding carboxylic acids is 3. The number of hydrogen-bond donors (Lipinski definition) is 0. The summed E-state index contributed by atoms with van der Waals surface area (Å²) in [4.78, 5) is 52.4. The van der Waals surface area contributed by atoms with Gasteiger partial charge in [0.15, 0.2) is 5.78 Å². The van der Waals surface area contributed by atoms with E-state index >= 15 is 0 Å². The summed E-state index contributed by atoms with van der Waals surface area (Å²) in [7, 11) is 0. The van der Waals surface area contributed by atoms with Crippen LogP contribution in [0.15, 0.2) is 53.6 Å². The van der Waals surface area contributed by atoms with Gasteiger partial charge in [0, 0.05) is 17.5 Å². The fourth-order valence-electron chi connectivity index (χ4n) is 5.09. The van der Waals surface area contributed by atoms with Crippen molar-refractivity contribution in [2.24, 2.45) is 22.4 Å². The van der Waals surface area contributed by atoms with Gasteiger partial charge in [-0.25, -0.2) is 4.90 Å². The molecule has 0 spiro atoms. The average Bonchev–Trinajstić information content (AvgIpc) is 3.25. The Morgan fingerprint density at radius 2 is 1.64 bits per heavy atom. The number of non-ortho nitro benzene ring substituents is 1. The zero-order valence-electron chi connectivity index (χ0n) is 18.3. The molecule has 2 amide bonds. The van der Waals surface area contributed by atoms with Crippen LogP contribution in [-0.4, -0.2) is 39.8 Å². The minimum atomic E-state index is -0.896. The Bertz CT molecular complexity index is 1230. The summed E-state index contributed by atoms with van der Waals surface area (Å²) in [6, 6.07) is 11.4. The molecular formula is C24H22N4O5. The van der Waals surface area contributed by atoms with Crippen molar-refractivity contribution in [3.05, 3.63) is 69.8 Å². The lowest BCUT2D eigenvalue weighted by atomic mass is 9.79. The predicted molar refractivity (Wildman–Crippen MR) is 119 cm³/mol. The summed E-state index contributed by atoms with van der Waals surface area (Å²) in [6.45, 7) is 5.36. The first-order valence-corrected chi connectivity index (χ1v) is 10.7. The molecule has 3 aliphatic heterocycles. The molecule has 0 saturated carbocycles. The van der Waals surface area contributed by atoms with Crippen molar-refractivity contribution in [1.82, 2.24) is 5.01 Å². The highest BCUT2D eigenvalue weighted by Gasteiger charge is 2.66. The quantitative estimate of drug-likeness (QED) is 0.407. The van der Waals surface area contributed by atoms with Crippen molar-refractivity contribution in [2.45, 2.75) is 32.9 Å². The molecule has 33 heavy (non-hydrogen) atoms. The molecule has 0 N–H and O–H groups in total. The molecule has 3 heterocycles. The van der Waals surface area contributed by atoms with Crippen LogP contribution in [-0.2, 0) is 14.4 Å². The molecule has 2 aromatic rings. The van der Waals surface area contributed by atoms with Gasteiger partial charge in [0.1, 0.15) is 6.04 Å². The fraction of sp³-hybridized carbons (Fsp3) is 0.333. The predicted octanol–water partition coefficient (Wildman–Crippen LogP) is 3.09. The van der Waals surface area contributed by atoms with E-state index in [1.54, 1.807) is 32.0 Å². The summed E-state index contributed by atoms with van der Waals surface area (Å²) < 4.78 is 0. The van der Waals surface area contributed by atoms with Crippen molar-refractivity contribution in [2.75, 3.05) is 4.90 Å². The molecule has 2 aromatic carbocycles. The first-order valence-electron chi connectivity index (χ1n) is 10.7. The molecule has 0 radical (unpaired) electrons. The fourth-order valence-corrected chi connectivity index (χ4v) is 5.09. The van der Waals surface area contributed by atoms with Crippen molar-refractivity contribution >= 4 is 35.2 Å². The molecule has 4 unspecified atom stereocenters. The van der Waals surface area contributed by atoms with Gasteiger partial charge in [-0.3, -0.25) is 29.5 Å². The molecule has 9 heteroatoms. The van der Waals surface area contributed by atoms with Crippen LogP contribution in [0.4, 0.5) is 11.4 Å². The monoisotopic (exact) mass is 446 g/mol. The van der Waals surface area contributed by atoms with E-state index in [-0.39, 0.29) is 17.2 Å². The third kappa shape index (κ3) is 2.99. The van der Waals surface area contributed by atoms with E-state index in [0.29, 0.717) is 0 Å². The zero-order valence-corrected chi connectivity index (χ0v) is 18.3. The molecule has 0 aliphatic carbocycles. The minimum absolute atomic E-state index is 0.138. The van der Waals surface area contributed by atoms with Crippen molar-refractivity contribution in [3.63, 3.8) is 0 Å². The third-order valence-electron chi connectivity index (χ3n) is 6.62. The summed E-state index contributed by atoms with van der Waals surface area (Å²) in [6.07, 6.45) is 1.67. The Hall–Kier alpha value is -3.88. The number of nitro groups is 1. The number of carbonyl (C=O) groups is 3. The van der Waals surface area contributed by atoms with Crippen molar-refractivity contribution in [1.29, 1.82) is 0 Å². The molecule has 2 fully saturated rings. The molecular weight excluding hydrogens is 424 g/mol. The second-order valence-corrected chi connectivity index (χ2v) is 9.59. The number of amides is 2. The van der Waals surface area contributed by atoms with E-state index in [4.69, 9.17) is 0 Å². The highest BCUT2D eigenvalue weighted by Crippen LogP contribution is 2.53. The van der Waals surface area contributed by atoms with Crippen molar-refractivity contribution in [3.8, 4) is 0 Å². The van der Waals surface area contributed by atoms with E-state index in [1.165, 1.54) is 24.3 Å². The number of benzene rings is 2.